The van der Waals surface area contributed by atoms with Crippen LogP contribution in [0.5, 0.6) is 5.88 Å². The molecule has 0 atom stereocenters. The Labute approximate surface area is 133 Å². The normalized spacial score (nSPS) is 13.5. The lowest BCUT2D eigenvalue weighted by molar-refractivity contribution is -0.386. The Morgan fingerprint density at radius 2 is 2.13 bits per heavy atom. The number of nitro groups is 1. The second-order valence-electron chi connectivity index (χ2n) is 5.81. The van der Waals surface area contributed by atoms with Gasteiger partial charge < -0.3 is 9.64 Å². The minimum absolute atomic E-state index is 0.0340. The first-order chi connectivity index (χ1) is 10.9. The van der Waals surface area contributed by atoms with E-state index in [-0.39, 0.29) is 17.6 Å². The van der Waals surface area contributed by atoms with E-state index in [1.165, 1.54) is 7.11 Å². The van der Waals surface area contributed by atoms with Crippen molar-refractivity contribution in [3.05, 3.63) is 28.1 Å². The summed E-state index contributed by atoms with van der Waals surface area (Å²) in [7, 11) is 3.28. The lowest BCUT2D eigenvalue weighted by Crippen LogP contribution is -2.33. The number of hydrogen-bond donors (Lipinski definition) is 0. The molecule has 0 saturated heterocycles. The zero-order chi connectivity index (χ0) is 16.7. The predicted octanol–water partition coefficient (Wildman–Crippen LogP) is 2.17. The first-order valence-electron chi connectivity index (χ1n) is 7.45. The molecule has 23 heavy (non-hydrogen) atoms. The van der Waals surface area contributed by atoms with Gasteiger partial charge in [0.05, 0.1) is 18.2 Å². The molecule has 0 spiro atoms. The van der Waals surface area contributed by atoms with Gasteiger partial charge in [0.2, 0.25) is 0 Å². The number of pyridine rings is 1. The first-order valence-corrected chi connectivity index (χ1v) is 7.45. The van der Waals surface area contributed by atoms with Crippen LogP contribution in [0.3, 0.4) is 0 Å². The highest BCUT2D eigenvalue weighted by Gasteiger charge is 2.30. The summed E-state index contributed by atoms with van der Waals surface area (Å²) in [6.45, 7) is 4.92. The number of ether oxygens (including phenoxy) is 1. The van der Waals surface area contributed by atoms with Gasteiger partial charge in [-0.05, 0) is 13.8 Å². The molecular weight excluding hydrogens is 298 g/mol. The van der Waals surface area contributed by atoms with E-state index >= 15 is 0 Å². The summed E-state index contributed by atoms with van der Waals surface area (Å²) in [6.07, 6.45) is 2.55. The fraction of sp³-hybridized carbons (Fsp3) is 0.467. The average Bonchev–Trinajstić information content (AvgIpc) is 2.78. The molecule has 0 bridgehead atoms. The Hall–Kier alpha value is -2.64. The molecule has 0 aliphatic carbocycles. The summed E-state index contributed by atoms with van der Waals surface area (Å²) in [5.41, 5.74) is 2.54. The fourth-order valence-corrected chi connectivity index (χ4v) is 2.99. The van der Waals surface area contributed by atoms with Crippen molar-refractivity contribution in [2.45, 2.75) is 26.3 Å². The second-order valence-corrected chi connectivity index (χ2v) is 5.81. The fourth-order valence-electron chi connectivity index (χ4n) is 2.99. The van der Waals surface area contributed by atoms with Crippen LogP contribution in [0.25, 0.3) is 11.1 Å². The maximum atomic E-state index is 11.3. The van der Waals surface area contributed by atoms with Gasteiger partial charge in [0.25, 0.3) is 5.88 Å². The minimum Gasteiger partial charge on any atom is -0.476 e. The Balaban J connectivity index is 2.31. The highest BCUT2D eigenvalue weighted by Crippen LogP contribution is 2.41. The van der Waals surface area contributed by atoms with Crippen LogP contribution in [0.4, 0.5) is 11.5 Å². The van der Waals surface area contributed by atoms with Crippen LogP contribution in [0.15, 0.2) is 12.3 Å². The molecule has 2 aromatic heterocycles. The molecule has 3 rings (SSSR count). The molecule has 122 valence electrons. The summed E-state index contributed by atoms with van der Waals surface area (Å²) < 4.78 is 6.95. The van der Waals surface area contributed by atoms with Crippen molar-refractivity contribution in [1.82, 2.24) is 14.8 Å². The molecule has 0 amide bonds. The van der Waals surface area contributed by atoms with Crippen molar-refractivity contribution in [3.63, 3.8) is 0 Å². The van der Waals surface area contributed by atoms with Crippen molar-refractivity contribution >= 4 is 11.5 Å². The third kappa shape index (κ3) is 2.39. The van der Waals surface area contributed by atoms with E-state index in [2.05, 4.69) is 28.8 Å². The third-order valence-corrected chi connectivity index (χ3v) is 4.18. The molecule has 8 heteroatoms. The molecular formula is C15H19N5O3. The van der Waals surface area contributed by atoms with Crippen molar-refractivity contribution in [3.8, 4) is 17.0 Å². The van der Waals surface area contributed by atoms with Crippen molar-refractivity contribution in [2.24, 2.45) is 7.05 Å². The van der Waals surface area contributed by atoms with Crippen molar-refractivity contribution in [2.75, 3.05) is 18.6 Å². The standard InChI is InChI=1S/C15H19N5O3/c1-9(2)19-6-5-12-11(8-16-18(12)3)10-7-13(20(21)22)15(23-4)17-14(10)19/h7-9H,5-6H2,1-4H3. The third-order valence-electron chi connectivity index (χ3n) is 4.18. The van der Waals surface area contributed by atoms with Gasteiger partial charge in [-0.1, -0.05) is 0 Å². The average molecular weight is 317 g/mol. The van der Waals surface area contributed by atoms with Crippen molar-refractivity contribution < 1.29 is 9.66 Å². The van der Waals surface area contributed by atoms with Crippen molar-refractivity contribution in [1.29, 1.82) is 0 Å². The van der Waals surface area contributed by atoms with E-state index < -0.39 is 4.92 Å². The van der Waals surface area contributed by atoms with Crippen LogP contribution in [-0.2, 0) is 13.5 Å². The number of rotatable bonds is 3. The van der Waals surface area contributed by atoms with Crippen LogP contribution in [0, 0.1) is 10.1 Å². The topological polar surface area (TPSA) is 86.3 Å². The number of hydrogen-bond acceptors (Lipinski definition) is 6. The highest BCUT2D eigenvalue weighted by molar-refractivity contribution is 5.81. The first kappa shape index (κ1) is 15.3. The number of aromatic nitrogens is 3. The number of nitrogens with zero attached hydrogens (tertiary/aromatic N) is 5. The summed E-state index contributed by atoms with van der Waals surface area (Å²) in [5.74, 6) is 0.737. The molecule has 0 aromatic carbocycles. The Morgan fingerprint density at radius 3 is 2.74 bits per heavy atom. The van der Waals surface area contributed by atoms with Gasteiger partial charge >= 0.3 is 5.69 Å². The maximum absolute atomic E-state index is 11.3. The number of aryl methyl sites for hydroxylation is 1. The van der Waals surface area contributed by atoms with Gasteiger partial charge in [-0.25, -0.2) is 0 Å². The summed E-state index contributed by atoms with van der Waals surface area (Å²) in [4.78, 5) is 17.5. The van der Waals surface area contributed by atoms with Crippen LogP contribution < -0.4 is 9.64 Å². The summed E-state index contributed by atoms with van der Waals surface area (Å²) in [5, 5.41) is 15.6. The smallest absolute Gasteiger partial charge is 0.331 e. The number of fused-ring (bicyclic) bond motifs is 3. The molecule has 0 N–H and O–H groups in total. The van der Waals surface area contributed by atoms with E-state index in [1.54, 1.807) is 12.3 Å². The van der Waals surface area contributed by atoms with E-state index in [0.717, 1.165) is 29.8 Å². The second kappa shape index (κ2) is 5.53. The molecule has 0 saturated carbocycles. The molecule has 0 radical (unpaired) electrons. The Kier molecular flexibility index (Phi) is 3.67. The zero-order valence-electron chi connectivity index (χ0n) is 13.6. The van der Waals surface area contributed by atoms with Gasteiger partial charge in [0.15, 0.2) is 0 Å². The summed E-state index contributed by atoms with van der Waals surface area (Å²) in [6, 6.07) is 1.76. The molecule has 8 nitrogen and oxygen atoms in total. The minimum atomic E-state index is -0.466. The van der Waals surface area contributed by atoms with Crippen LogP contribution in [0.2, 0.25) is 0 Å². The monoisotopic (exact) mass is 317 g/mol. The largest absolute Gasteiger partial charge is 0.476 e. The molecule has 1 aliphatic rings. The quantitative estimate of drug-likeness (QED) is 0.637. The molecule has 2 aromatic rings. The molecule has 0 fully saturated rings. The van der Waals surface area contributed by atoms with Gasteiger partial charge in [-0.2, -0.15) is 10.1 Å². The number of anilines is 1. The van der Waals surface area contributed by atoms with E-state index in [4.69, 9.17) is 4.74 Å². The van der Waals surface area contributed by atoms with Crippen LogP contribution in [0.1, 0.15) is 19.5 Å². The predicted molar refractivity (Wildman–Crippen MR) is 85.8 cm³/mol. The van der Waals surface area contributed by atoms with Crippen LogP contribution in [-0.4, -0.2) is 39.4 Å². The molecule has 3 heterocycles. The van der Waals surface area contributed by atoms with E-state index in [1.807, 2.05) is 11.7 Å². The summed E-state index contributed by atoms with van der Waals surface area (Å²) >= 11 is 0. The highest BCUT2D eigenvalue weighted by atomic mass is 16.6. The van der Waals surface area contributed by atoms with E-state index in [9.17, 15) is 10.1 Å². The van der Waals surface area contributed by atoms with Gasteiger partial charge in [-0.15, -0.1) is 0 Å². The molecule has 1 aliphatic heterocycles. The maximum Gasteiger partial charge on any atom is 0.331 e. The lowest BCUT2D eigenvalue weighted by atomic mass is 10.1. The lowest BCUT2D eigenvalue weighted by Gasteiger charge is -2.28. The van der Waals surface area contributed by atoms with Gasteiger partial charge in [-0.3, -0.25) is 14.8 Å². The van der Waals surface area contributed by atoms with Crippen LogP contribution >= 0.6 is 0 Å². The Morgan fingerprint density at radius 1 is 1.39 bits per heavy atom. The zero-order valence-corrected chi connectivity index (χ0v) is 13.6. The molecule has 0 unspecified atom stereocenters. The van der Waals surface area contributed by atoms with E-state index in [0.29, 0.717) is 5.82 Å². The SMILES string of the molecule is COc1nc2c(cc1[N+](=O)[O-])-c1cnn(C)c1CCN2C(C)C. The Bertz CT molecular complexity index is 769. The van der Waals surface area contributed by atoms with Gasteiger partial charge in [0.1, 0.15) is 5.82 Å². The van der Waals surface area contributed by atoms with Gasteiger partial charge in [0, 0.05) is 48.9 Å². The number of methoxy groups -OCH3 is 1.